The van der Waals surface area contributed by atoms with Crippen LogP contribution in [-0.4, -0.2) is 41.1 Å². The minimum atomic E-state index is -0.984. The summed E-state index contributed by atoms with van der Waals surface area (Å²) in [5, 5.41) is 13.7. The van der Waals surface area contributed by atoms with Crippen LogP contribution in [0.15, 0.2) is 42.5 Å². The third kappa shape index (κ3) is 4.67. The van der Waals surface area contributed by atoms with Gasteiger partial charge in [0.1, 0.15) is 0 Å². The number of benzene rings is 2. The Morgan fingerprint density at radius 2 is 1.74 bits per heavy atom. The van der Waals surface area contributed by atoms with Gasteiger partial charge in [0, 0.05) is 35.6 Å². The van der Waals surface area contributed by atoms with E-state index in [9.17, 15) is 14.7 Å². The lowest BCUT2D eigenvalue weighted by Gasteiger charge is -2.38. The number of hydrogen-bond acceptors (Lipinski definition) is 2. The summed E-state index contributed by atoms with van der Waals surface area (Å²) >= 11 is 18.0. The number of carbonyl (C=O) groups excluding carboxylic acids is 1. The molecule has 1 aliphatic heterocycles. The standard InChI is InChI=1S/C19H17Cl3N2O3/c20-13-4-1-11(2-5-13)18(25)23-17-7-8-24(19(26)27)10-14(17)12-3-6-15(21)16(22)9-12/h1-6,9,14,17H,7-8,10H2,(H,23,25)(H,26,27)/t14-,17+/m0/s1. The summed E-state index contributed by atoms with van der Waals surface area (Å²) < 4.78 is 0. The van der Waals surface area contributed by atoms with Crippen LogP contribution in [0.1, 0.15) is 28.3 Å². The van der Waals surface area contributed by atoms with E-state index in [0.29, 0.717) is 33.6 Å². The molecule has 1 saturated heterocycles. The Kier molecular flexibility index (Phi) is 6.15. The summed E-state index contributed by atoms with van der Waals surface area (Å²) in [6, 6.07) is 11.6. The molecule has 0 radical (unpaired) electrons. The van der Waals surface area contributed by atoms with Gasteiger partial charge in [-0.15, -0.1) is 0 Å². The van der Waals surface area contributed by atoms with Crippen LogP contribution < -0.4 is 5.32 Å². The topological polar surface area (TPSA) is 69.6 Å². The highest BCUT2D eigenvalue weighted by molar-refractivity contribution is 6.42. The van der Waals surface area contributed by atoms with Crippen LogP contribution in [0.2, 0.25) is 15.1 Å². The normalized spacial score (nSPS) is 19.6. The molecule has 2 N–H and O–H groups in total. The minimum absolute atomic E-state index is 0.231. The van der Waals surface area contributed by atoms with E-state index in [1.54, 1.807) is 36.4 Å². The van der Waals surface area contributed by atoms with Gasteiger partial charge in [0.25, 0.3) is 5.91 Å². The van der Waals surface area contributed by atoms with E-state index in [-0.39, 0.29) is 24.4 Å². The van der Waals surface area contributed by atoms with Crippen LogP contribution in [0.25, 0.3) is 0 Å². The Labute approximate surface area is 171 Å². The second-order valence-electron chi connectivity index (χ2n) is 6.38. The first-order chi connectivity index (χ1) is 12.8. The van der Waals surface area contributed by atoms with E-state index in [4.69, 9.17) is 34.8 Å². The zero-order valence-electron chi connectivity index (χ0n) is 14.2. The van der Waals surface area contributed by atoms with Gasteiger partial charge in [-0.2, -0.15) is 0 Å². The number of nitrogens with zero attached hydrogens (tertiary/aromatic N) is 1. The summed E-state index contributed by atoms with van der Waals surface area (Å²) in [5.74, 6) is -0.466. The zero-order valence-corrected chi connectivity index (χ0v) is 16.4. The summed E-state index contributed by atoms with van der Waals surface area (Å²) in [4.78, 5) is 25.4. The molecule has 2 amide bonds. The van der Waals surface area contributed by atoms with Gasteiger partial charge in [-0.3, -0.25) is 4.79 Å². The van der Waals surface area contributed by atoms with Crippen molar-refractivity contribution >= 4 is 46.8 Å². The maximum Gasteiger partial charge on any atom is 0.407 e. The van der Waals surface area contributed by atoms with E-state index in [0.717, 1.165) is 5.56 Å². The average Bonchev–Trinajstić information content (AvgIpc) is 2.64. The van der Waals surface area contributed by atoms with Crippen molar-refractivity contribution in [2.24, 2.45) is 0 Å². The number of hydrogen-bond donors (Lipinski definition) is 2. The van der Waals surface area contributed by atoms with Crippen molar-refractivity contribution in [3.63, 3.8) is 0 Å². The van der Waals surface area contributed by atoms with Crippen LogP contribution in [0.5, 0.6) is 0 Å². The number of piperidine rings is 1. The Balaban J connectivity index is 1.84. The molecule has 1 fully saturated rings. The molecule has 3 rings (SSSR count). The molecule has 0 bridgehead atoms. The van der Waals surface area contributed by atoms with Gasteiger partial charge in [0.2, 0.25) is 0 Å². The first-order valence-corrected chi connectivity index (χ1v) is 9.48. The molecular weight excluding hydrogens is 411 g/mol. The van der Waals surface area contributed by atoms with Crippen LogP contribution in [0, 0.1) is 0 Å². The Hall–Kier alpha value is -1.95. The van der Waals surface area contributed by atoms with Crippen molar-refractivity contribution in [1.82, 2.24) is 10.2 Å². The van der Waals surface area contributed by atoms with E-state index in [1.807, 2.05) is 6.07 Å². The third-order valence-corrected chi connectivity index (χ3v) is 5.67. The van der Waals surface area contributed by atoms with Gasteiger partial charge in [0.05, 0.1) is 10.0 Å². The van der Waals surface area contributed by atoms with E-state index in [2.05, 4.69) is 5.32 Å². The van der Waals surface area contributed by atoms with Gasteiger partial charge in [-0.1, -0.05) is 40.9 Å². The molecule has 8 heteroatoms. The summed E-state index contributed by atoms with van der Waals surface area (Å²) in [5.41, 5.74) is 1.32. The van der Waals surface area contributed by atoms with Crippen molar-refractivity contribution in [3.8, 4) is 0 Å². The second-order valence-corrected chi connectivity index (χ2v) is 7.63. The van der Waals surface area contributed by atoms with Crippen LogP contribution in [0.4, 0.5) is 4.79 Å². The highest BCUT2D eigenvalue weighted by Gasteiger charge is 2.33. The monoisotopic (exact) mass is 426 g/mol. The van der Waals surface area contributed by atoms with Crippen LogP contribution in [0.3, 0.4) is 0 Å². The Bertz CT molecular complexity index is 858. The molecular formula is C19H17Cl3N2O3. The molecule has 2 aromatic carbocycles. The third-order valence-electron chi connectivity index (χ3n) is 4.68. The highest BCUT2D eigenvalue weighted by Crippen LogP contribution is 2.32. The van der Waals surface area contributed by atoms with Crippen LogP contribution >= 0.6 is 34.8 Å². The summed E-state index contributed by atoms with van der Waals surface area (Å²) in [7, 11) is 0. The summed E-state index contributed by atoms with van der Waals surface area (Å²) in [6.07, 6.45) is -0.487. The molecule has 0 aliphatic carbocycles. The molecule has 0 aromatic heterocycles. The molecule has 1 heterocycles. The molecule has 27 heavy (non-hydrogen) atoms. The quantitative estimate of drug-likeness (QED) is 0.731. The van der Waals surface area contributed by atoms with Crippen molar-refractivity contribution in [2.75, 3.05) is 13.1 Å². The number of nitrogens with one attached hydrogen (secondary N) is 1. The first kappa shape index (κ1) is 19.8. The smallest absolute Gasteiger partial charge is 0.407 e. The lowest BCUT2D eigenvalue weighted by Crippen LogP contribution is -2.51. The SMILES string of the molecule is O=C(N[C@@H]1CCN(C(=O)O)C[C@H]1c1ccc(Cl)c(Cl)c1)c1ccc(Cl)cc1. The van der Waals surface area contributed by atoms with Gasteiger partial charge in [-0.05, 0) is 48.4 Å². The lowest BCUT2D eigenvalue weighted by molar-refractivity contribution is 0.0888. The molecule has 1 aliphatic rings. The van der Waals surface area contributed by atoms with Crippen molar-refractivity contribution in [2.45, 2.75) is 18.4 Å². The van der Waals surface area contributed by atoms with E-state index >= 15 is 0 Å². The van der Waals surface area contributed by atoms with E-state index < -0.39 is 6.09 Å². The fourth-order valence-electron chi connectivity index (χ4n) is 3.23. The van der Waals surface area contributed by atoms with E-state index in [1.165, 1.54) is 4.90 Å². The highest BCUT2D eigenvalue weighted by atomic mass is 35.5. The zero-order chi connectivity index (χ0) is 19.6. The van der Waals surface area contributed by atoms with Gasteiger partial charge < -0.3 is 15.3 Å². The second kappa shape index (κ2) is 8.38. The molecule has 5 nitrogen and oxygen atoms in total. The Morgan fingerprint density at radius 1 is 1.04 bits per heavy atom. The molecule has 0 spiro atoms. The van der Waals surface area contributed by atoms with Crippen LogP contribution in [-0.2, 0) is 0 Å². The van der Waals surface area contributed by atoms with Crippen molar-refractivity contribution in [3.05, 3.63) is 68.7 Å². The average molecular weight is 428 g/mol. The molecule has 0 unspecified atom stereocenters. The maximum atomic E-state index is 12.6. The number of amides is 2. The largest absolute Gasteiger partial charge is 0.465 e. The predicted octanol–water partition coefficient (Wildman–Crippen LogP) is 4.91. The number of likely N-dealkylation sites (tertiary alicyclic amines) is 1. The fourth-order valence-corrected chi connectivity index (χ4v) is 3.66. The van der Waals surface area contributed by atoms with Crippen molar-refractivity contribution in [1.29, 1.82) is 0 Å². The van der Waals surface area contributed by atoms with Gasteiger partial charge >= 0.3 is 6.09 Å². The number of rotatable bonds is 3. The number of carbonyl (C=O) groups is 2. The molecule has 142 valence electrons. The molecule has 2 aromatic rings. The molecule has 2 atom stereocenters. The Morgan fingerprint density at radius 3 is 2.37 bits per heavy atom. The minimum Gasteiger partial charge on any atom is -0.465 e. The van der Waals surface area contributed by atoms with Crippen molar-refractivity contribution < 1.29 is 14.7 Å². The predicted molar refractivity (Wildman–Crippen MR) is 106 cm³/mol. The van der Waals surface area contributed by atoms with Gasteiger partial charge in [-0.25, -0.2) is 4.79 Å². The first-order valence-electron chi connectivity index (χ1n) is 8.34. The summed E-state index contributed by atoms with van der Waals surface area (Å²) in [6.45, 7) is 0.609. The number of carboxylic acid groups (broad SMARTS) is 1. The maximum absolute atomic E-state index is 12.6. The van der Waals surface area contributed by atoms with Gasteiger partial charge in [0.15, 0.2) is 0 Å². The number of halogens is 3. The lowest BCUT2D eigenvalue weighted by atomic mass is 9.86. The molecule has 0 saturated carbocycles. The fraction of sp³-hybridized carbons (Fsp3) is 0.263.